The molecule has 1 aliphatic heterocycles. The molecule has 1 amide bonds. The molecule has 0 saturated heterocycles. The molecule has 0 radical (unpaired) electrons. The first kappa shape index (κ1) is 9.43. The quantitative estimate of drug-likeness (QED) is 0.747. The van der Waals surface area contributed by atoms with Gasteiger partial charge in [-0.2, -0.15) is 0 Å². The number of fused-ring (bicyclic) bond motifs is 1. The van der Waals surface area contributed by atoms with Gasteiger partial charge in [0.15, 0.2) is 0 Å². The molecule has 2 N–H and O–H groups in total. The Morgan fingerprint density at radius 2 is 2.29 bits per heavy atom. The van der Waals surface area contributed by atoms with Crippen molar-refractivity contribution in [2.75, 3.05) is 12.4 Å². The van der Waals surface area contributed by atoms with Crippen molar-refractivity contribution in [3.63, 3.8) is 0 Å². The number of hydrogen-bond donors (Lipinski definition) is 2. The maximum Gasteiger partial charge on any atom is 0.246 e. The second kappa shape index (κ2) is 3.22. The van der Waals surface area contributed by atoms with Crippen LogP contribution in [0.1, 0.15) is 11.6 Å². The lowest BCUT2D eigenvalue weighted by Crippen LogP contribution is -2.23. The van der Waals surface area contributed by atoms with Gasteiger partial charge in [0.05, 0.1) is 5.69 Å². The minimum atomic E-state index is -0.516. The molecule has 1 aromatic rings. The van der Waals surface area contributed by atoms with Crippen LogP contribution in [0.3, 0.4) is 0 Å². The number of carbonyl (C=O) groups excluding carboxylic acids is 1. The third kappa shape index (κ3) is 1.27. The Morgan fingerprint density at radius 3 is 2.93 bits per heavy atom. The number of carbonyl (C=O) groups is 1. The van der Waals surface area contributed by atoms with Gasteiger partial charge in [-0.05, 0) is 19.2 Å². The molecule has 1 atom stereocenters. The van der Waals surface area contributed by atoms with E-state index < -0.39 is 11.9 Å². The van der Waals surface area contributed by atoms with E-state index in [0.717, 1.165) is 0 Å². The van der Waals surface area contributed by atoms with Crippen LogP contribution in [0.5, 0.6) is 0 Å². The van der Waals surface area contributed by atoms with Crippen molar-refractivity contribution in [3.05, 3.63) is 28.5 Å². The molecule has 14 heavy (non-hydrogen) atoms. The highest BCUT2D eigenvalue weighted by atomic mass is 35.5. The summed E-state index contributed by atoms with van der Waals surface area (Å²) >= 11 is 5.69. The number of anilines is 1. The van der Waals surface area contributed by atoms with E-state index >= 15 is 0 Å². The monoisotopic (exact) mass is 214 g/mol. The van der Waals surface area contributed by atoms with Gasteiger partial charge in [-0.25, -0.2) is 4.39 Å². The molecule has 0 aromatic heterocycles. The molecule has 1 aliphatic rings. The molecular weight excluding hydrogens is 207 g/mol. The van der Waals surface area contributed by atoms with Crippen LogP contribution in [0.4, 0.5) is 10.1 Å². The van der Waals surface area contributed by atoms with E-state index in [1.807, 2.05) is 0 Å². The van der Waals surface area contributed by atoms with Gasteiger partial charge in [0, 0.05) is 10.6 Å². The van der Waals surface area contributed by atoms with Crippen molar-refractivity contribution in [1.29, 1.82) is 0 Å². The maximum absolute atomic E-state index is 13.3. The third-order valence-electron chi connectivity index (χ3n) is 2.20. The minimum absolute atomic E-state index is 0.221. The minimum Gasteiger partial charge on any atom is -0.322 e. The number of hydrogen-bond acceptors (Lipinski definition) is 2. The Bertz CT molecular complexity index is 408. The zero-order valence-electron chi connectivity index (χ0n) is 7.40. The molecule has 5 heteroatoms. The zero-order valence-corrected chi connectivity index (χ0v) is 8.15. The van der Waals surface area contributed by atoms with E-state index in [9.17, 15) is 9.18 Å². The number of rotatable bonds is 1. The molecule has 1 aromatic carbocycles. The topological polar surface area (TPSA) is 41.1 Å². The largest absolute Gasteiger partial charge is 0.322 e. The van der Waals surface area contributed by atoms with E-state index in [1.54, 1.807) is 13.1 Å². The van der Waals surface area contributed by atoms with E-state index in [2.05, 4.69) is 10.6 Å². The molecule has 3 nitrogen and oxygen atoms in total. The van der Waals surface area contributed by atoms with Crippen LogP contribution >= 0.6 is 11.6 Å². The smallest absolute Gasteiger partial charge is 0.246 e. The molecule has 0 bridgehead atoms. The lowest BCUT2D eigenvalue weighted by molar-refractivity contribution is -0.117. The summed E-state index contributed by atoms with van der Waals surface area (Å²) in [6, 6.07) is 2.25. The molecule has 1 heterocycles. The molecular formula is C9H8ClFN2O. The molecule has 2 rings (SSSR count). The van der Waals surface area contributed by atoms with Crippen molar-refractivity contribution in [2.24, 2.45) is 0 Å². The summed E-state index contributed by atoms with van der Waals surface area (Å²) in [4.78, 5) is 11.3. The van der Waals surface area contributed by atoms with E-state index in [1.165, 1.54) is 6.07 Å². The fourth-order valence-electron chi connectivity index (χ4n) is 1.58. The Labute approximate surface area is 85.3 Å². The van der Waals surface area contributed by atoms with Gasteiger partial charge < -0.3 is 10.6 Å². The normalized spacial score (nSPS) is 19.4. The van der Waals surface area contributed by atoms with Crippen LogP contribution in [0.2, 0.25) is 5.02 Å². The highest BCUT2D eigenvalue weighted by Crippen LogP contribution is 2.34. The fourth-order valence-corrected chi connectivity index (χ4v) is 1.79. The predicted octanol–water partition coefficient (Wildman–Crippen LogP) is 1.69. The summed E-state index contributed by atoms with van der Waals surface area (Å²) < 4.78 is 13.3. The highest BCUT2D eigenvalue weighted by molar-refractivity contribution is 6.31. The van der Waals surface area contributed by atoms with Gasteiger partial charge in [-0.1, -0.05) is 11.6 Å². The number of benzene rings is 1. The molecule has 0 spiro atoms. The third-order valence-corrected chi connectivity index (χ3v) is 2.41. The van der Waals surface area contributed by atoms with Gasteiger partial charge in [-0.15, -0.1) is 0 Å². The predicted molar refractivity (Wildman–Crippen MR) is 51.8 cm³/mol. The van der Waals surface area contributed by atoms with Crippen molar-refractivity contribution in [1.82, 2.24) is 5.32 Å². The SMILES string of the molecule is CNC1C(=O)Nc2c(F)cc(Cl)cc21. The van der Waals surface area contributed by atoms with Crippen molar-refractivity contribution < 1.29 is 9.18 Å². The van der Waals surface area contributed by atoms with Crippen LogP contribution in [0, 0.1) is 5.82 Å². The van der Waals surface area contributed by atoms with Gasteiger partial charge >= 0.3 is 0 Å². The van der Waals surface area contributed by atoms with Crippen LogP contribution < -0.4 is 10.6 Å². The summed E-state index contributed by atoms with van der Waals surface area (Å²) in [5.74, 6) is -0.762. The van der Waals surface area contributed by atoms with E-state index in [-0.39, 0.29) is 16.6 Å². The summed E-state index contributed by atoms with van der Waals surface area (Å²) in [7, 11) is 1.64. The standard InChI is InChI=1S/C9H8ClFN2O/c1-12-8-5-2-4(10)3-6(11)7(5)13-9(8)14/h2-3,8,12H,1H3,(H,13,14). The molecule has 1 unspecified atom stereocenters. The van der Waals surface area contributed by atoms with E-state index in [4.69, 9.17) is 11.6 Å². The maximum atomic E-state index is 13.3. The first-order chi connectivity index (χ1) is 6.63. The Balaban J connectivity index is 2.58. The fraction of sp³-hybridized carbons (Fsp3) is 0.222. The lowest BCUT2D eigenvalue weighted by Gasteiger charge is -2.06. The Hall–Kier alpha value is -1.13. The molecule has 0 fully saturated rings. The summed E-state index contributed by atoms with van der Waals surface area (Å²) in [5.41, 5.74) is 0.779. The van der Waals surface area contributed by atoms with Gasteiger partial charge in [-0.3, -0.25) is 4.79 Å². The molecule has 0 aliphatic carbocycles. The first-order valence-electron chi connectivity index (χ1n) is 4.10. The van der Waals surface area contributed by atoms with Gasteiger partial charge in [0.2, 0.25) is 5.91 Å². The van der Waals surface area contributed by atoms with Gasteiger partial charge in [0.25, 0.3) is 0 Å². The Kier molecular flexibility index (Phi) is 2.17. The second-order valence-electron chi connectivity index (χ2n) is 3.06. The number of halogens is 2. The average Bonchev–Trinajstić information content (AvgIpc) is 2.41. The number of likely N-dealkylation sites (N-methyl/N-ethyl adjacent to an activating group) is 1. The van der Waals surface area contributed by atoms with Crippen LogP contribution in [-0.4, -0.2) is 13.0 Å². The lowest BCUT2D eigenvalue weighted by atomic mass is 10.1. The highest BCUT2D eigenvalue weighted by Gasteiger charge is 2.31. The van der Waals surface area contributed by atoms with Crippen LogP contribution in [0.25, 0.3) is 0 Å². The molecule has 0 saturated carbocycles. The van der Waals surface area contributed by atoms with Crippen molar-refractivity contribution in [3.8, 4) is 0 Å². The number of nitrogens with one attached hydrogen (secondary N) is 2. The van der Waals surface area contributed by atoms with Crippen LogP contribution in [0.15, 0.2) is 12.1 Å². The number of amides is 1. The second-order valence-corrected chi connectivity index (χ2v) is 3.50. The zero-order chi connectivity index (χ0) is 10.3. The Morgan fingerprint density at radius 1 is 1.57 bits per heavy atom. The summed E-state index contributed by atoms with van der Waals surface area (Å²) in [6.07, 6.45) is 0. The summed E-state index contributed by atoms with van der Waals surface area (Å²) in [6.45, 7) is 0. The summed E-state index contributed by atoms with van der Waals surface area (Å²) in [5, 5.41) is 5.54. The van der Waals surface area contributed by atoms with E-state index in [0.29, 0.717) is 5.56 Å². The molecule has 74 valence electrons. The van der Waals surface area contributed by atoms with Crippen molar-refractivity contribution in [2.45, 2.75) is 6.04 Å². The first-order valence-corrected chi connectivity index (χ1v) is 4.48. The van der Waals surface area contributed by atoms with Gasteiger partial charge in [0.1, 0.15) is 11.9 Å². The van der Waals surface area contributed by atoms with Crippen LogP contribution in [-0.2, 0) is 4.79 Å². The van der Waals surface area contributed by atoms with Crippen molar-refractivity contribution >= 4 is 23.2 Å². The average molecular weight is 215 g/mol.